The molecule has 0 unspecified atom stereocenters. The van der Waals surface area contributed by atoms with Crippen LogP contribution in [0.2, 0.25) is 0 Å². The fourth-order valence-corrected chi connectivity index (χ4v) is 4.11. The quantitative estimate of drug-likeness (QED) is 0.436. The zero-order chi connectivity index (χ0) is 23.6. The Morgan fingerprint density at radius 3 is 1.32 bits per heavy atom. The van der Waals surface area contributed by atoms with Crippen LogP contribution in [0.15, 0.2) is 58.7 Å². The standard InChI is InChI=1S/C26H34N4O4/c31-23-5-1-21(2-6-23)25(9-11-29-13-17-33-18-14-29)27-28-26(22-3-7-24(32)8-4-22)10-12-30-15-19-34-20-16-30/h1-8,31-32H,9-20H2/b27-25-,28-26+. The normalized spacial score (nSPS) is 18.8. The second-order valence-electron chi connectivity index (χ2n) is 8.60. The van der Waals surface area contributed by atoms with Crippen molar-refractivity contribution in [1.82, 2.24) is 9.80 Å². The highest BCUT2D eigenvalue weighted by atomic mass is 16.5. The molecule has 2 N–H and O–H groups in total. The molecule has 4 rings (SSSR count). The minimum absolute atomic E-state index is 0.232. The van der Waals surface area contributed by atoms with E-state index < -0.39 is 0 Å². The van der Waals surface area contributed by atoms with E-state index >= 15 is 0 Å². The Balaban J connectivity index is 1.56. The molecule has 2 heterocycles. The summed E-state index contributed by atoms with van der Waals surface area (Å²) in [6.45, 7) is 8.48. The van der Waals surface area contributed by atoms with Crippen LogP contribution in [0, 0.1) is 0 Å². The first-order chi connectivity index (χ1) is 16.7. The number of hydrogen-bond donors (Lipinski definition) is 2. The molecule has 2 aromatic rings. The number of hydrogen-bond acceptors (Lipinski definition) is 8. The molecule has 34 heavy (non-hydrogen) atoms. The second-order valence-corrected chi connectivity index (χ2v) is 8.60. The number of aromatic hydroxyl groups is 2. The van der Waals surface area contributed by atoms with Crippen LogP contribution in [0.3, 0.4) is 0 Å². The molecule has 8 nitrogen and oxygen atoms in total. The minimum Gasteiger partial charge on any atom is -0.508 e. The molecule has 0 aromatic heterocycles. The third kappa shape index (κ3) is 7.36. The first-order valence-electron chi connectivity index (χ1n) is 12.0. The van der Waals surface area contributed by atoms with Gasteiger partial charge in [0.2, 0.25) is 0 Å². The third-order valence-corrected chi connectivity index (χ3v) is 6.23. The van der Waals surface area contributed by atoms with E-state index in [4.69, 9.17) is 19.7 Å². The molecule has 2 aliphatic heterocycles. The Kier molecular flexibility index (Phi) is 9.04. The van der Waals surface area contributed by atoms with Gasteiger partial charge in [-0.3, -0.25) is 9.80 Å². The monoisotopic (exact) mass is 466 g/mol. The first-order valence-corrected chi connectivity index (χ1v) is 12.0. The van der Waals surface area contributed by atoms with Crippen molar-refractivity contribution in [3.63, 3.8) is 0 Å². The second kappa shape index (κ2) is 12.6. The molecule has 0 atom stereocenters. The van der Waals surface area contributed by atoms with Crippen molar-refractivity contribution in [2.75, 3.05) is 65.7 Å². The van der Waals surface area contributed by atoms with Gasteiger partial charge in [-0.1, -0.05) is 0 Å². The molecule has 8 heteroatoms. The lowest BCUT2D eigenvalue weighted by Gasteiger charge is -2.26. The van der Waals surface area contributed by atoms with Crippen LogP contribution in [-0.2, 0) is 9.47 Å². The zero-order valence-corrected chi connectivity index (χ0v) is 19.6. The minimum atomic E-state index is 0.232. The molecule has 0 spiro atoms. The van der Waals surface area contributed by atoms with Gasteiger partial charge < -0.3 is 19.7 Å². The molecule has 0 saturated carbocycles. The molecule has 0 bridgehead atoms. The van der Waals surface area contributed by atoms with Gasteiger partial charge in [-0.2, -0.15) is 10.2 Å². The fourth-order valence-electron chi connectivity index (χ4n) is 4.11. The van der Waals surface area contributed by atoms with Crippen LogP contribution in [0.5, 0.6) is 11.5 Å². The number of ether oxygens (including phenoxy) is 2. The van der Waals surface area contributed by atoms with E-state index in [9.17, 15) is 10.2 Å². The van der Waals surface area contributed by atoms with Crippen molar-refractivity contribution in [1.29, 1.82) is 0 Å². The summed E-state index contributed by atoms with van der Waals surface area (Å²) in [6, 6.07) is 14.3. The number of rotatable bonds is 9. The van der Waals surface area contributed by atoms with Crippen LogP contribution in [0.25, 0.3) is 0 Å². The molecule has 182 valence electrons. The van der Waals surface area contributed by atoms with Crippen molar-refractivity contribution >= 4 is 11.4 Å². The number of nitrogens with zero attached hydrogens (tertiary/aromatic N) is 4. The largest absolute Gasteiger partial charge is 0.508 e. The topological polar surface area (TPSA) is 90.1 Å². The highest BCUT2D eigenvalue weighted by Gasteiger charge is 2.15. The predicted molar refractivity (Wildman–Crippen MR) is 133 cm³/mol. The summed E-state index contributed by atoms with van der Waals surface area (Å²) < 4.78 is 10.9. The van der Waals surface area contributed by atoms with Gasteiger partial charge in [0.1, 0.15) is 11.5 Å². The molecule has 2 fully saturated rings. The molecular formula is C26H34N4O4. The van der Waals surface area contributed by atoms with E-state index in [2.05, 4.69) is 9.80 Å². The molecular weight excluding hydrogens is 432 g/mol. The molecule has 0 radical (unpaired) electrons. The zero-order valence-electron chi connectivity index (χ0n) is 19.6. The van der Waals surface area contributed by atoms with Crippen LogP contribution in [0.4, 0.5) is 0 Å². The molecule has 2 aliphatic rings. The number of phenols is 2. The van der Waals surface area contributed by atoms with Gasteiger partial charge in [0.05, 0.1) is 37.9 Å². The van der Waals surface area contributed by atoms with Gasteiger partial charge in [0, 0.05) is 52.1 Å². The summed E-state index contributed by atoms with van der Waals surface area (Å²) >= 11 is 0. The number of morpholine rings is 2. The lowest BCUT2D eigenvalue weighted by atomic mass is 10.1. The maximum atomic E-state index is 9.73. The van der Waals surface area contributed by atoms with Crippen LogP contribution >= 0.6 is 0 Å². The van der Waals surface area contributed by atoms with Crippen LogP contribution < -0.4 is 0 Å². The third-order valence-electron chi connectivity index (χ3n) is 6.23. The Labute approximate surface area is 201 Å². The van der Waals surface area contributed by atoms with Gasteiger partial charge in [-0.25, -0.2) is 0 Å². The maximum Gasteiger partial charge on any atom is 0.115 e. The highest BCUT2D eigenvalue weighted by molar-refractivity contribution is 6.03. The SMILES string of the molecule is Oc1ccc(/C(CCN2CCOCC2)=N\N=C(/CCN2CCOCC2)c2ccc(O)cc2)cc1. The summed E-state index contributed by atoms with van der Waals surface area (Å²) in [4.78, 5) is 4.75. The van der Waals surface area contributed by atoms with Gasteiger partial charge in [0.15, 0.2) is 0 Å². The maximum absolute atomic E-state index is 9.73. The van der Waals surface area contributed by atoms with E-state index in [1.807, 2.05) is 24.3 Å². The van der Waals surface area contributed by atoms with Crippen molar-refractivity contribution in [3.05, 3.63) is 59.7 Å². The van der Waals surface area contributed by atoms with Crippen LogP contribution in [0.1, 0.15) is 24.0 Å². The van der Waals surface area contributed by atoms with E-state index in [-0.39, 0.29) is 11.5 Å². The van der Waals surface area contributed by atoms with Gasteiger partial charge in [-0.15, -0.1) is 0 Å². The number of benzene rings is 2. The Morgan fingerprint density at radius 1 is 0.618 bits per heavy atom. The van der Waals surface area contributed by atoms with Crippen molar-refractivity contribution in [2.24, 2.45) is 10.2 Å². The Morgan fingerprint density at radius 2 is 0.971 bits per heavy atom. The summed E-state index contributed by atoms with van der Waals surface area (Å²) in [7, 11) is 0. The predicted octanol–water partition coefficient (Wildman–Crippen LogP) is 2.74. The van der Waals surface area contributed by atoms with E-state index in [0.717, 1.165) is 101 Å². The van der Waals surface area contributed by atoms with Crippen molar-refractivity contribution in [2.45, 2.75) is 12.8 Å². The molecule has 2 saturated heterocycles. The van der Waals surface area contributed by atoms with E-state index in [0.29, 0.717) is 0 Å². The van der Waals surface area contributed by atoms with Gasteiger partial charge in [0.25, 0.3) is 0 Å². The number of phenolic OH excluding ortho intramolecular Hbond substituents is 2. The van der Waals surface area contributed by atoms with E-state index in [1.165, 1.54) is 0 Å². The summed E-state index contributed by atoms with van der Waals surface area (Å²) in [5, 5.41) is 28.9. The summed E-state index contributed by atoms with van der Waals surface area (Å²) in [5.41, 5.74) is 3.67. The summed E-state index contributed by atoms with van der Waals surface area (Å²) in [6.07, 6.45) is 1.50. The first kappa shape index (κ1) is 24.3. The van der Waals surface area contributed by atoms with Crippen molar-refractivity contribution < 1.29 is 19.7 Å². The lowest BCUT2D eigenvalue weighted by molar-refractivity contribution is 0.0391. The average Bonchev–Trinajstić information content (AvgIpc) is 2.88. The summed E-state index contributed by atoms with van der Waals surface area (Å²) in [5.74, 6) is 0.463. The molecule has 0 aliphatic carbocycles. The van der Waals surface area contributed by atoms with Crippen molar-refractivity contribution in [3.8, 4) is 11.5 Å². The average molecular weight is 467 g/mol. The smallest absolute Gasteiger partial charge is 0.115 e. The fraction of sp³-hybridized carbons (Fsp3) is 0.462. The highest BCUT2D eigenvalue weighted by Crippen LogP contribution is 2.16. The molecule has 2 aromatic carbocycles. The Hall–Kier alpha value is -2.78. The van der Waals surface area contributed by atoms with Gasteiger partial charge in [-0.05, 0) is 59.7 Å². The van der Waals surface area contributed by atoms with Gasteiger partial charge >= 0.3 is 0 Å². The van der Waals surface area contributed by atoms with Crippen LogP contribution in [-0.4, -0.2) is 97.1 Å². The lowest BCUT2D eigenvalue weighted by Crippen LogP contribution is -2.37. The molecule has 0 amide bonds. The van der Waals surface area contributed by atoms with E-state index in [1.54, 1.807) is 24.3 Å². The Bertz CT molecular complexity index is 868.